The van der Waals surface area contributed by atoms with Gasteiger partial charge < -0.3 is 28.4 Å². The highest BCUT2D eigenvalue weighted by Gasteiger charge is 2.53. The van der Waals surface area contributed by atoms with Gasteiger partial charge >= 0.3 is 23.9 Å². The Kier molecular flexibility index (Phi) is 8.37. The Labute approximate surface area is 163 Å². The lowest BCUT2D eigenvalue weighted by Gasteiger charge is -2.45. The largest absolute Gasteiger partial charge is 0.463 e. The van der Waals surface area contributed by atoms with Gasteiger partial charge in [-0.25, -0.2) is 0 Å². The Hall–Kier alpha value is -2.20. The standard InChI is InChI=1S/C18H28O10/c1-9(19)23-8-13-14(24-10(2)20)15(25-11(3)21)16(26-12(4)22)17(27-13)28-18(5,6)7/h13-17H,8H2,1-7H3/t13?,14-,15?,16-,17-/m0/s1. The molecule has 0 saturated carbocycles. The van der Waals surface area contributed by atoms with E-state index in [9.17, 15) is 19.2 Å². The lowest BCUT2D eigenvalue weighted by Crippen LogP contribution is -2.63. The number of ether oxygens (including phenoxy) is 6. The molecule has 1 aliphatic heterocycles. The summed E-state index contributed by atoms with van der Waals surface area (Å²) in [5.74, 6) is -2.63. The quantitative estimate of drug-likeness (QED) is 0.465. The van der Waals surface area contributed by atoms with Gasteiger partial charge in [0.1, 0.15) is 12.7 Å². The molecule has 1 rings (SSSR count). The molecule has 1 aliphatic rings. The second-order valence-corrected chi connectivity index (χ2v) is 7.30. The van der Waals surface area contributed by atoms with Gasteiger partial charge in [0.05, 0.1) is 5.60 Å². The molecule has 0 aliphatic carbocycles. The fourth-order valence-electron chi connectivity index (χ4n) is 2.63. The van der Waals surface area contributed by atoms with E-state index in [-0.39, 0.29) is 6.61 Å². The fourth-order valence-corrected chi connectivity index (χ4v) is 2.63. The maximum absolute atomic E-state index is 11.7. The maximum Gasteiger partial charge on any atom is 0.303 e. The summed E-state index contributed by atoms with van der Waals surface area (Å²) in [6, 6.07) is 0. The van der Waals surface area contributed by atoms with Crippen LogP contribution in [0.3, 0.4) is 0 Å². The van der Waals surface area contributed by atoms with E-state index in [0.717, 1.165) is 13.8 Å². The van der Waals surface area contributed by atoms with Crippen LogP contribution in [0.2, 0.25) is 0 Å². The Bertz CT molecular complexity index is 594. The van der Waals surface area contributed by atoms with Crippen LogP contribution in [0, 0.1) is 0 Å². The Morgan fingerprint density at radius 2 is 1.21 bits per heavy atom. The van der Waals surface area contributed by atoms with E-state index in [1.807, 2.05) is 0 Å². The average molecular weight is 404 g/mol. The van der Waals surface area contributed by atoms with Gasteiger partial charge in [0.2, 0.25) is 0 Å². The van der Waals surface area contributed by atoms with Crippen LogP contribution in [-0.2, 0) is 47.6 Å². The minimum absolute atomic E-state index is 0.290. The van der Waals surface area contributed by atoms with E-state index in [4.69, 9.17) is 28.4 Å². The first-order valence-electron chi connectivity index (χ1n) is 8.78. The third kappa shape index (κ3) is 7.81. The van der Waals surface area contributed by atoms with E-state index < -0.39 is 60.2 Å². The predicted molar refractivity (Wildman–Crippen MR) is 92.8 cm³/mol. The first kappa shape index (κ1) is 23.8. The van der Waals surface area contributed by atoms with Crippen LogP contribution in [0.4, 0.5) is 0 Å². The molecule has 1 saturated heterocycles. The Morgan fingerprint density at radius 1 is 0.750 bits per heavy atom. The zero-order valence-corrected chi connectivity index (χ0v) is 17.2. The molecule has 1 fully saturated rings. The molecular weight excluding hydrogens is 376 g/mol. The van der Waals surface area contributed by atoms with E-state index in [1.165, 1.54) is 13.8 Å². The fraction of sp³-hybridized carbons (Fsp3) is 0.778. The van der Waals surface area contributed by atoms with Crippen molar-refractivity contribution in [1.29, 1.82) is 0 Å². The highest BCUT2D eigenvalue weighted by atomic mass is 16.7. The van der Waals surface area contributed by atoms with Crippen LogP contribution < -0.4 is 0 Å². The number of carbonyl (C=O) groups excluding carboxylic acids is 4. The summed E-state index contributed by atoms with van der Waals surface area (Å²) in [4.78, 5) is 46.1. The lowest BCUT2D eigenvalue weighted by molar-refractivity contribution is -0.325. The molecule has 160 valence electrons. The summed E-state index contributed by atoms with van der Waals surface area (Å²) in [6.07, 6.45) is -5.81. The lowest BCUT2D eigenvalue weighted by atomic mass is 9.97. The molecule has 0 aromatic rings. The molecule has 0 aromatic carbocycles. The SMILES string of the molecule is CC(=O)OCC1O[C@@H](OC(C)(C)C)[C@@H](OC(C)=O)C(OC(C)=O)[C@H]1OC(C)=O. The zero-order valence-electron chi connectivity index (χ0n) is 17.2. The topological polar surface area (TPSA) is 124 Å². The monoisotopic (exact) mass is 404 g/mol. The summed E-state index contributed by atoms with van der Waals surface area (Å²) in [7, 11) is 0. The summed E-state index contributed by atoms with van der Waals surface area (Å²) in [5.41, 5.74) is -0.718. The van der Waals surface area contributed by atoms with Crippen molar-refractivity contribution in [1.82, 2.24) is 0 Å². The molecule has 0 N–H and O–H groups in total. The van der Waals surface area contributed by atoms with Crippen molar-refractivity contribution in [2.24, 2.45) is 0 Å². The molecule has 0 spiro atoms. The van der Waals surface area contributed by atoms with Crippen molar-refractivity contribution >= 4 is 23.9 Å². The predicted octanol–water partition coefficient (Wildman–Crippen LogP) is 0.885. The minimum atomic E-state index is -1.23. The van der Waals surface area contributed by atoms with Crippen LogP contribution in [-0.4, -0.2) is 66.8 Å². The van der Waals surface area contributed by atoms with Crippen LogP contribution >= 0.6 is 0 Å². The molecule has 0 amide bonds. The molecule has 2 unspecified atom stereocenters. The highest BCUT2D eigenvalue weighted by molar-refractivity contribution is 5.68. The minimum Gasteiger partial charge on any atom is -0.463 e. The molecule has 0 aromatic heterocycles. The molecule has 0 radical (unpaired) electrons. The molecule has 28 heavy (non-hydrogen) atoms. The molecular formula is C18H28O10. The van der Waals surface area contributed by atoms with Gasteiger partial charge in [-0.3, -0.25) is 19.2 Å². The number of hydrogen-bond acceptors (Lipinski definition) is 10. The van der Waals surface area contributed by atoms with Gasteiger partial charge in [-0.1, -0.05) is 0 Å². The third-order valence-corrected chi connectivity index (χ3v) is 3.42. The smallest absolute Gasteiger partial charge is 0.303 e. The summed E-state index contributed by atoms with van der Waals surface area (Å²) in [5, 5.41) is 0. The highest BCUT2D eigenvalue weighted by Crippen LogP contribution is 2.31. The number of hydrogen-bond donors (Lipinski definition) is 0. The van der Waals surface area contributed by atoms with Crippen molar-refractivity contribution < 1.29 is 47.6 Å². The van der Waals surface area contributed by atoms with E-state index in [0.29, 0.717) is 0 Å². The van der Waals surface area contributed by atoms with Gasteiger partial charge in [-0.15, -0.1) is 0 Å². The Morgan fingerprint density at radius 3 is 1.64 bits per heavy atom. The second-order valence-electron chi connectivity index (χ2n) is 7.30. The van der Waals surface area contributed by atoms with Crippen LogP contribution in [0.5, 0.6) is 0 Å². The molecule has 1 heterocycles. The van der Waals surface area contributed by atoms with Crippen LogP contribution in [0.15, 0.2) is 0 Å². The molecule has 10 nitrogen and oxygen atoms in total. The summed E-state index contributed by atoms with van der Waals surface area (Å²) < 4.78 is 32.5. The number of rotatable bonds is 6. The van der Waals surface area contributed by atoms with Gasteiger partial charge in [-0.05, 0) is 20.8 Å². The van der Waals surface area contributed by atoms with Gasteiger partial charge in [0.25, 0.3) is 0 Å². The van der Waals surface area contributed by atoms with Crippen molar-refractivity contribution in [2.75, 3.05) is 6.61 Å². The van der Waals surface area contributed by atoms with Crippen LogP contribution in [0.25, 0.3) is 0 Å². The van der Waals surface area contributed by atoms with Crippen LogP contribution in [0.1, 0.15) is 48.5 Å². The first-order chi connectivity index (χ1) is 12.8. The maximum atomic E-state index is 11.7. The molecule has 0 bridgehead atoms. The van der Waals surface area contributed by atoms with Crippen molar-refractivity contribution in [3.63, 3.8) is 0 Å². The molecule has 5 atom stereocenters. The van der Waals surface area contributed by atoms with E-state index >= 15 is 0 Å². The zero-order chi connectivity index (χ0) is 21.6. The van der Waals surface area contributed by atoms with Gasteiger partial charge in [0, 0.05) is 27.7 Å². The normalized spacial score (nSPS) is 27.5. The van der Waals surface area contributed by atoms with Gasteiger partial charge in [-0.2, -0.15) is 0 Å². The van der Waals surface area contributed by atoms with Crippen molar-refractivity contribution in [2.45, 2.75) is 84.8 Å². The Balaban J connectivity index is 3.33. The van der Waals surface area contributed by atoms with Gasteiger partial charge in [0.15, 0.2) is 24.6 Å². The second kappa shape index (κ2) is 9.83. The first-order valence-corrected chi connectivity index (χ1v) is 8.78. The van der Waals surface area contributed by atoms with E-state index in [1.54, 1.807) is 20.8 Å². The molecule has 10 heteroatoms. The third-order valence-electron chi connectivity index (χ3n) is 3.42. The number of carbonyl (C=O) groups is 4. The van der Waals surface area contributed by atoms with E-state index in [2.05, 4.69) is 0 Å². The van der Waals surface area contributed by atoms with Crippen molar-refractivity contribution in [3.05, 3.63) is 0 Å². The number of esters is 4. The average Bonchev–Trinajstić information content (AvgIpc) is 2.48. The summed E-state index contributed by atoms with van der Waals surface area (Å²) >= 11 is 0. The van der Waals surface area contributed by atoms with Crippen molar-refractivity contribution in [3.8, 4) is 0 Å². The summed E-state index contributed by atoms with van der Waals surface area (Å²) in [6.45, 7) is 9.66.